The highest BCUT2D eigenvalue weighted by Crippen LogP contribution is 1.78. The van der Waals surface area contributed by atoms with Gasteiger partial charge in [-0.2, -0.15) is 9.19 Å². The third-order valence-electron chi connectivity index (χ3n) is 1.23. The van der Waals surface area contributed by atoms with Gasteiger partial charge in [0.1, 0.15) is 0 Å². The van der Waals surface area contributed by atoms with Crippen LogP contribution in [0.5, 0.6) is 0 Å². The van der Waals surface area contributed by atoms with E-state index in [-0.39, 0.29) is 0 Å². The van der Waals surface area contributed by atoms with Gasteiger partial charge < -0.3 is 0 Å². The van der Waals surface area contributed by atoms with Gasteiger partial charge in [-0.05, 0) is 0 Å². The molecule has 0 amide bonds. The van der Waals surface area contributed by atoms with Crippen molar-refractivity contribution in [2.45, 2.75) is 0 Å². The molecular formula is C6H8N2O2S. The van der Waals surface area contributed by atoms with E-state index in [1.807, 2.05) is 0 Å². The minimum absolute atomic E-state index is 0.313. The largest absolute Gasteiger partial charge is 0.251 e. The van der Waals surface area contributed by atoms with Crippen molar-refractivity contribution in [3.8, 4) is 0 Å². The Morgan fingerprint density at radius 3 is 2.27 bits per heavy atom. The maximum absolute atomic E-state index is 10.9. The molecule has 1 heterocycles. The monoisotopic (exact) mass is 172 g/mol. The average molecular weight is 172 g/mol. The van der Waals surface area contributed by atoms with Crippen molar-refractivity contribution in [1.82, 2.24) is 9.19 Å². The maximum atomic E-state index is 10.9. The predicted molar refractivity (Wildman–Crippen MR) is 42.8 cm³/mol. The van der Waals surface area contributed by atoms with Gasteiger partial charge in [-0.15, -0.1) is 0 Å². The number of nitrogens with zero attached hydrogens (tertiary/aromatic N) is 2. The van der Waals surface area contributed by atoms with E-state index in [0.717, 1.165) is 10.3 Å². The van der Waals surface area contributed by atoms with E-state index in [4.69, 9.17) is 0 Å². The molecule has 1 aromatic heterocycles. The molecule has 0 spiro atoms. The second-order valence-corrected chi connectivity index (χ2v) is 4.03. The van der Waals surface area contributed by atoms with Crippen molar-refractivity contribution in [3.63, 3.8) is 0 Å². The first kappa shape index (κ1) is 8.00. The van der Waals surface area contributed by atoms with Gasteiger partial charge in [0.15, 0.2) is 0 Å². The minimum atomic E-state index is -3.31. The van der Waals surface area contributed by atoms with Crippen LogP contribution in [-0.2, 0) is 10.0 Å². The summed E-state index contributed by atoms with van der Waals surface area (Å²) in [6, 6.07) is 0. The van der Waals surface area contributed by atoms with Crippen molar-refractivity contribution in [3.05, 3.63) is 16.8 Å². The summed E-state index contributed by atoms with van der Waals surface area (Å²) in [4.78, 5) is 0. The molecule has 0 saturated heterocycles. The van der Waals surface area contributed by atoms with E-state index in [1.54, 1.807) is 0 Å². The Kier molecular flexibility index (Phi) is 1.60. The smallest absolute Gasteiger partial charge is 0.205 e. The standard InChI is InChI=1S/C6H8N2O2S/c1-5-4-7-8(6(5)2)11(3,9)10/h4H,1-2H2,3H3. The lowest BCUT2D eigenvalue weighted by Crippen LogP contribution is -2.31. The molecule has 0 aliphatic rings. The van der Waals surface area contributed by atoms with Crippen LogP contribution in [0, 0.1) is 0 Å². The highest BCUT2D eigenvalue weighted by molar-refractivity contribution is 7.89. The van der Waals surface area contributed by atoms with Crippen LogP contribution in [0.3, 0.4) is 0 Å². The van der Waals surface area contributed by atoms with Gasteiger partial charge in [-0.1, -0.05) is 13.2 Å². The highest BCUT2D eigenvalue weighted by Gasteiger charge is 2.05. The molecule has 5 heteroatoms. The fourth-order valence-electron chi connectivity index (χ4n) is 0.675. The average Bonchev–Trinajstić information content (AvgIpc) is 2.11. The molecule has 0 aromatic carbocycles. The molecule has 0 atom stereocenters. The molecule has 0 saturated carbocycles. The fraction of sp³-hybridized carbons (Fsp3) is 0.167. The van der Waals surface area contributed by atoms with Crippen molar-refractivity contribution >= 4 is 23.2 Å². The Morgan fingerprint density at radius 1 is 1.55 bits per heavy atom. The van der Waals surface area contributed by atoms with Crippen LogP contribution in [0.2, 0.25) is 0 Å². The predicted octanol–water partition coefficient (Wildman–Crippen LogP) is -1.49. The lowest BCUT2D eigenvalue weighted by atomic mass is 10.5. The van der Waals surface area contributed by atoms with Gasteiger partial charge in [-0.25, -0.2) is 8.42 Å². The normalized spacial score (nSPS) is 11.7. The molecule has 0 unspecified atom stereocenters. The number of rotatable bonds is 1. The van der Waals surface area contributed by atoms with Crippen LogP contribution in [0.4, 0.5) is 0 Å². The topological polar surface area (TPSA) is 52.0 Å². The summed E-state index contributed by atoms with van der Waals surface area (Å²) in [6.07, 6.45) is 2.43. The first-order chi connectivity index (χ1) is 4.93. The Hall–Kier alpha value is -1.10. The summed E-state index contributed by atoms with van der Waals surface area (Å²) in [7, 11) is -3.31. The quantitative estimate of drug-likeness (QED) is 0.518. The van der Waals surface area contributed by atoms with E-state index in [1.165, 1.54) is 6.20 Å². The Bertz CT molecular complexity index is 457. The van der Waals surface area contributed by atoms with Gasteiger partial charge in [0.25, 0.3) is 10.0 Å². The van der Waals surface area contributed by atoms with E-state index < -0.39 is 10.0 Å². The first-order valence-electron chi connectivity index (χ1n) is 2.85. The van der Waals surface area contributed by atoms with Gasteiger partial charge in [-0.3, -0.25) is 0 Å². The Labute approximate surface area is 64.5 Å². The van der Waals surface area contributed by atoms with Crippen molar-refractivity contribution < 1.29 is 8.42 Å². The minimum Gasteiger partial charge on any atom is -0.205 e. The zero-order chi connectivity index (χ0) is 8.65. The van der Waals surface area contributed by atoms with Crippen molar-refractivity contribution in [2.24, 2.45) is 0 Å². The summed E-state index contributed by atoms with van der Waals surface area (Å²) in [5.74, 6) is 0. The van der Waals surface area contributed by atoms with E-state index in [2.05, 4.69) is 18.3 Å². The summed E-state index contributed by atoms with van der Waals surface area (Å²) in [5, 5.41) is 4.43. The second-order valence-electron chi connectivity index (χ2n) is 2.22. The molecular weight excluding hydrogens is 164 g/mol. The van der Waals surface area contributed by atoms with Gasteiger partial charge in [0.05, 0.1) is 17.8 Å². The summed E-state index contributed by atoms with van der Waals surface area (Å²) >= 11 is 0. The molecule has 0 fully saturated rings. The molecule has 0 radical (unpaired) electrons. The number of aromatic nitrogens is 2. The molecule has 0 aliphatic heterocycles. The van der Waals surface area contributed by atoms with Crippen LogP contribution in [-0.4, -0.2) is 23.9 Å². The Balaban J connectivity index is 3.65. The molecule has 60 valence electrons. The molecule has 0 aliphatic carbocycles. The van der Waals surface area contributed by atoms with Crippen molar-refractivity contribution in [2.75, 3.05) is 6.26 Å². The van der Waals surface area contributed by atoms with Gasteiger partial charge in [0, 0.05) is 5.22 Å². The maximum Gasteiger partial charge on any atom is 0.251 e. The van der Waals surface area contributed by atoms with Crippen molar-refractivity contribution in [1.29, 1.82) is 0 Å². The third-order valence-corrected chi connectivity index (χ3v) is 2.18. The number of hydrogen-bond donors (Lipinski definition) is 0. The lowest BCUT2D eigenvalue weighted by molar-refractivity contribution is 0.584. The lowest BCUT2D eigenvalue weighted by Gasteiger charge is -1.94. The van der Waals surface area contributed by atoms with Crippen LogP contribution < -0.4 is 10.6 Å². The molecule has 1 aromatic rings. The molecule has 0 bridgehead atoms. The van der Waals surface area contributed by atoms with Gasteiger partial charge >= 0.3 is 0 Å². The fourth-order valence-corrected chi connectivity index (χ4v) is 1.41. The molecule has 4 nitrogen and oxygen atoms in total. The molecule has 0 N–H and O–H groups in total. The third kappa shape index (κ3) is 1.32. The van der Waals surface area contributed by atoms with Crippen LogP contribution in [0.25, 0.3) is 13.2 Å². The zero-order valence-electron chi connectivity index (χ0n) is 6.11. The Morgan fingerprint density at radius 2 is 2.09 bits per heavy atom. The van der Waals surface area contributed by atoms with Crippen LogP contribution in [0.1, 0.15) is 0 Å². The SMILES string of the molecule is C=c1cnn(S(C)(=O)=O)c1=C. The zero-order valence-corrected chi connectivity index (χ0v) is 6.93. The highest BCUT2D eigenvalue weighted by atomic mass is 32.2. The summed E-state index contributed by atoms with van der Waals surface area (Å²) in [6.45, 7) is 7.05. The van der Waals surface area contributed by atoms with E-state index in [9.17, 15) is 8.42 Å². The second kappa shape index (κ2) is 2.20. The molecule has 1 rings (SSSR count). The summed E-state index contributed by atoms with van der Waals surface area (Å²) < 4.78 is 22.7. The first-order valence-corrected chi connectivity index (χ1v) is 4.70. The number of hydrogen-bond acceptors (Lipinski definition) is 3. The summed E-state index contributed by atoms with van der Waals surface area (Å²) in [5.41, 5.74) is 0. The van der Waals surface area contributed by atoms with E-state index in [0.29, 0.717) is 10.6 Å². The van der Waals surface area contributed by atoms with E-state index >= 15 is 0 Å². The molecule has 11 heavy (non-hydrogen) atoms. The van der Waals surface area contributed by atoms with Gasteiger partial charge in [0.2, 0.25) is 0 Å². The van der Waals surface area contributed by atoms with Crippen LogP contribution in [0.15, 0.2) is 6.20 Å². The van der Waals surface area contributed by atoms with Crippen LogP contribution >= 0.6 is 0 Å².